The monoisotopic (exact) mass is 369 g/mol. The summed E-state index contributed by atoms with van der Waals surface area (Å²) < 4.78 is 0. The van der Waals surface area contributed by atoms with E-state index >= 15 is 0 Å². The quantitative estimate of drug-likeness (QED) is 0.555. The van der Waals surface area contributed by atoms with Crippen LogP contribution < -0.4 is 17.2 Å². The van der Waals surface area contributed by atoms with Crippen molar-refractivity contribution >= 4 is 16.8 Å². The van der Waals surface area contributed by atoms with Crippen LogP contribution in [0.15, 0.2) is 73.8 Å². The Bertz CT molecular complexity index is 967. The summed E-state index contributed by atoms with van der Waals surface area (Å²) in [5, 5.41) is 0. The highest BCUT2D eigenvalue weighted by Gasteiger charge is 2.14. The zero-order valence-electron chi connectivity index (χ0n) is 16.3. The van der Waals surface area contributed by atoms with Gasteiger partial charge in [0, 0.05) is 29.9 Å². The van der Waals surface area contributed by atoms with Gasteiger partial charge in [0.05, 0.1) is 0 Å². The highest BCUT2D eigenvalue weighted by atomic mass is 14.6. The van der Waals surface area contributed by atoms with E-state index < -0.39 is 0 Å². The van der Waals surface area contributed by atoms with Gasteiger partial charge in [-0.15, -0.1) is 0 Å². The highest BCUT2D eigenvalue weighted by Crippen LogP contribution is 2.35. The molecule has 28 heavy (non-hydrogen) atoms. The molecule has 0 aliphatic heterocycles. The van der Waals surface area contributed by atoms with Crippen LogP contribution in [0.5, 0.6) is 0 Å². The van der Waals surface area contributed by atoms with Crippen molar-refractivity contribution in [1.82, 2.24) is 0 Å². The van der Waals surface area contributed by atoms with E-state index in [1.807, 2.05) is 36.4 Å². The predicted molar refractivity (Wildman–Crippen MR) is 121 cm³/mol. The number of anilines is 1. The number of hydrogen-bond donors (Lipinski definition) is 3. The van der Waals surface area contributed by atoms with Crippen LogP contribution in [0.3, 0.4) is 0 Å². The van der Waals surface area contributed by atoms with Crippen LogP contribution in [0.4, 0.5) is 5.69 Å². The molecule has 0 saturated carbocycles. The fourth-order valence-corrected chi connectivity index (χ4v) is 3.38. The van der Waals surface area contributed by atoms with Gasteiger partial charge >= 0.3 is 0 Å². The third-order valence-electron chi connectivity index (χ3n) is 5.00. The van der Waals surface area contributed by atoms with Gasteiger partial charge in [0.2, 0.25) is 0 Å². The first-order chi connectivity index (χ1) is 13.4. The van der Waals surface area contributed by atoms with Gasteiger partial charge in [-0.2, -0.15) is 0 Å². The van der Waals surface area contributed by atoms with Crippen LogP contribution in [-0.4, -0.2) is 0 Å². The molecule has 0 saturated heterocycles. The van der Waals surface area contributed by atoms with Crippen molar-refractivity contribution < 1.29 is 0 Å². The van der Waals surface area contributed by atoms with E-state index in [1.54, 1.807) is 0 Å². The number of hydrogen-bond acceptors (Lipinski definition) is 3. The fraction of sp³-hybridized carbons (Fsp3) is 0.120. The molecule has 3 aromatic rings. The molecule has 3 aromatic carbocycles. The lowest BCUT2D eigenvalue weighted by Crippen LogP contribution is -2.03. The Balaban J connectivity index is 2.06. The molecule has 0 aliphatic carbocycles. The van der Waals surface area contributed by atoms with E-state index in [1.165, 1.54) is 0 Å². The van der Waals surface area contributed by atoms with Crippen molar-refractivity contribution in [2.45, 2.75) is 20.0 Å². The van der Waals surface area contributed by atoms with E-state index in [9.17, 15) is 0 Å². The molecule has 0 unspecified atom stereocenters. The Labute approximate surface area is 167 Å². The van der Waals surface area contributed by atoms with Gasteiger partial charge < -0.3 is 17.2 Å². The molecule has 0 aromatic heterocycles. The summed E-state index contributed by atoms with van der Waals surface area (Å²) in [5.41, 5.74) is 27.7. The Morgan fingerprint density at radius 2 is 1.18 bits per heavy atom. The molecule has 0 heterocycles. The maximum absolute atomic E-state index is 6.60. The molecule has 142 valence electrons. The molecule has 6 N–H and O–H groups in total. The van der Waals surface area contributed by atoms with Gasteiger partial charge in [0.1, 0.15) is 0 Å². The van der Waals surface area contributed by atoms with E-state index in [4.69, 9.17) is 17.2 Å². The molecule has 0 aliphatic rings. The second kappa shape index (κ2) is 8.26. The minimum atomic E-state index is 0.490. The number of nitrogen functional groups attached to an aromatic ring is 1. The first-order valence-corrected chi connectivity index (χ1v) is 9.32. The second-order valence-corrected chi connectivity index (χ2v) is 7.04. The van der Waals surface area contributed by atoms with Crippen molar-refractivity contribution in [3.05, 3.63) is 113 Å². The minimum Gasteiger partial charge on any atom is -0.398 e. The van der Waals surface area contributed by atoms with Crippen molar-refractivity contribution in [2.24, 2.45) is 11.5 Å². The van der Waals surface area contributed by atoms with Gasteiger partial charge in [0.25, 0.3) is 0 Å². The van der Waals surface area contributed by atoms with Gasteiger partial charge in [0.15, 0.2) is 0 Å². The Hall–Kier alpha value is -3.14. The summed E-state index contributed by atoms with van der Waals surface area (Å²) in [4.78, 5) is 0. The Morgan fingerprint density at radius 3 is 1.57 bits per heavy atom. The summed E-state index contributed by atoms with van der Waals surface area (Å²) in [5.74, 6) is 0. The highest BCUT2D eigenvalue weighted by molar-refractivity contribution is 5.93. The van der Waals surface area contributed by atoms with Gasteiger partial charge in [-0.3, -0.25) is 0 Å². The minimum absolute atomic E-state index is 0.490. The van der Waals surface area contributed by atoms with Gasteiger partial charge in [-0.25, -0.2) is 0 Å². The number of aryl methyl sites for hydroxylation is 1. The SMILES string of the molecule is C=C(c1cccc(CN)c1)c1cc(C)cc(C(=C)c2cccc(CN)c2)c1N. The molecule has 0 spiro atoms. The molecule has 0 amide bonds. The molecule has 3 heteroatoms. The lowest BCUT2D eigenvalue weighted by Gasteiger charge is -2.17. The van der Waals surface area contributed by atoms with Crippen LogP contribution in [0.2, 0.25) is 0 Å². The summed E-state index contributed by atoms with van der Waals surface area (Å²) in [7, 11) is 0. The smallest absolute Gasteiger partial charge is 0.0473 e. The maximum atomic E-state index is 6.60. The molecular weight excluding hydrogens is 342 g/mol. The molecule has 0 bridgehead atoms. The fourth-order valence-electron chi connectivity index (χ4n) is 3.38. The van der Waals surface area contributed by atoms with E-state index in [-0.39, 0.29) is 0 Å². The molecular formula is C25H27N3. The van der Waals surface area contributed by atoms with E-state index in [0.717, 1.165) is 50.1 Å². The van der Waals surface area contributed by atoms with Gasteiger partial charge in [-0.1, -0.05) is 49.6 Å². The standard InChI is InChI=1S/C25H27N3/c1-16-10-23(17(2)21-8-4-6-19(12-21)14-26)25(28)24(11-16)18(3)22-9-5-7-20(13-22)15-27/h4-13H,2-3,14-15,26-28H2,1H3. The summed E-state index contributed by atoms with van der Waals surface area (Å²) in [6, 6.07) is 20.3. The van der Waals surface area contributed by atoms with E-state index in [0.29, 0.717) is 18.8 Å². The first kappa shape index (κ1) is 19.6. The number of benzene rings is 3. The third-order valence-corrected chi connectivity index (χ3v) is 5.00. The molecule has 0 atom stereocenters. The van der Waals surface area contributed by atoms with Crippen molar-refractivity contribution in [3.8, 4) is 0 Å². The summed E-state index contributed by atoms with van der Waals surface area (Å²) >= 11 is 0. The summed E-state index contributed by atoms with van der Waals surface area (Å²) in [6.07, 6.45) is 0. The maximum Gasteiger partial charge on any atom is 0.0473 e. The number of rotatable bonds is 6. The van der Waals surface area contributed by atoms with Gasteiger partial charge in [-0.05, 0) is 70.2 Å². The average Bonchev–Trinajstić information content (AvgIpc) is 2.74. The zero-order chi connectivity index (χ0) is 20.3. The average molecular weight is 370 g/mol. The Morgan fingerprint density at radius 1 is 0.750 bits per heavy atom. The lowest BCUT2D eigenvalue weighted by molar-refractivity contribution is 1.07. The van der Waals surface area contributed by atoms with Crippen LogP contribution in [-0.2, 0) is 13.1 Å². The molecule has 0 fully saturated rings. The van der Waals surface area contributed by atoms with Crippen LogP contribution in [0.1, 0.15) is 38.9 Å². The molecule has 0 radical (unpaired) electrons. The van der Waals surface area contributed by atoms with Crippen LogP contribution in [0, 0.1) is 6.92 Å². The van der Waals surface area contributed by atoms with Crippen molar-refractivity contribution in [1.29, 1.82) is 0 Å². The van der Waals surface area contributed by atoms with Crippen LogP contribution >= 0.6 is 0 Å². The molecule has 3 rings (SSSR count). The van der Waals surface area contributed by atoms with Crippen molar-refractivity contribution in [3.63, 3.8) is 0 Å². The number of nitrogens with two attached hydrogens (primary N) is 3. The third kappa shape index (κ3) is 3.91. The molecule has 3 nitrogen and oxygen atoms in total. The Kier molecular flexibility index (Phi) is 5.78. The zero-order valence-corrected chi connectivity index (χ0v) is 16.3. The lowest BCUT2D eigenvalue weighted by atomic mass is 9.89. The van der Waals surface area contributed by atoms with Crippen molar-refractivity contribution in [2.75, 3.05) is 5.73 Å². The largest absolute Gasteiger partial charge is 0.398 e. The van der Waals surface area contributed by atoms with Crippen LogP contribution in [0.25, 0.3) is 11.1 Å². The second-order valence-electron chi connectivity index (χ2n) is 7.04. The normalized spacial score (nSPS) is 10.7. The first-order valence-electron chi connectivity index (χ1n) is 9.32. The van der Waals surface area contributed by atoms with E-state index in [2.05, 4.69) is 44.3 Å². The predicted octanol–water partition coefficient (Wildman–Crippen LogP) is 4.62. The summed E-state index contributed by atoms with van der Waals surface area (Å²) in [6.45, 7) is 11.6. The topological polar surface area (TPSA) is 78.1 Å².